The molecule has 0 aliphatic carbocycles. The highest BCUT2D eigenvalue weighted by Crippen LogP contribution is 2.24. The molecule has 1 aliphatic rings. The average molecular weight is 376 g/mol. The Hall–Kier alpha value is -2.86. The number of para-hydroxylation sites is 1. The molecule has 1 aromatic heterocycles. The number of carbonyl (C=O) groups is 1. The Morgan fingerprint density at radius 2 is 1.78 bits per heavy atom. The third kappa shape index (κ3) is 4.11. The summed E-state index contributed by atoms with van der Waals surface area (Å²) in [4.78, 5) is 14.5. The van der Waals surface area contributed by atoms with E-state index in [1.165, 1.54) is 22.9 Å². The van der Waals surface area contributed by atoms with Gasteiger partial charge in [0.25, 0.3) is 0 Å². The van der Waals surface area contributed by atoms with Gasteiger partial charge in [-0.05, 0) is 29.7 Å². The van der Waals surface area contributed by atoms with Crippen LogP contribution in [0.5, 0.6) is 0 Å². The fraction of sp³-hybridized carbons (Fsp3) is 0.190. The molecule has 6 heteroatoms. The summed E-state index contributed by atoms with van der Waals surface area (Å²) < 4.78 is 1.90. The summed E-state index contributed by atoms with van der Waals surface area (Å²) in [6.07, 6.45) is 4.73. The highest BCUT2D eigenvalue weighted by atomic mass is 32.2. The van der Waals surface area contributed by atoms with Gasteiger partial charge in [-0.1, -0.05) is 66.4 Å². The van der Waals surface area contributed by atoms with Crippen molar-refractivity contribution in [2.24, 2.45) is 0 Å². The van der Waals surface area contributed by atoms with Crippen LogP contribution in [0.25, 0.3) is 11.3 Å². The minimum absolute atomic E-state index is 0.131. The van der Waals surface area contributed by atoms with E-state index in [0.717, 1.165) is 23.8 Å². The lowest BCUT2D eigenvalue weighted by Crippen LogP contribution is -2.35. The van der Waals surface area contributed by atoms with Crippen molar-refractivity contribution < 1.29 is 4.79 Å². The summed E-state index contributed by atoms with van der Waals surface area (Å²) in [6, 6.07) is 20.3. The lowest BCUT2D eigenvalue weighted by molar-refractivity contribution is -0.127. The molecule has 5 nitrogen and oxygen atoms in total. The number of benzene rings is 2. The zero-order valence-corrected chi connectivity index (χ0v) is 15.7. The van der Waals surface area contributed by atoms with E-state index >= 15 is 0 Å². The highest BCUT2D eigenvalue weighted by Gasteiger charge is 2.19. The molecule has 0 unspecified atom stereocenters. The second kappa shape index (κ2) is 8.22. The highest BCUT2D eigenvalue weighted by molar-refractivity contribution is 7.99. The summed E-state index contributed by atoms with van der Waals surface area (Å²) in [5.41, 5.74) is 3.55. The van der Waals surface area contributed by atoms with E-state index in [1.807, 2.05) is 58.0 Å². The van der Waals surface area contributed by atoms with Gasteiger partial charge in [-0.15, -0.1) is 10.2 Å². The van der Waals surface area contributed by atoms with Gasteiger partial charge < -0.3 is 4.90 Å². The van der Waals surface area contributed by atoms with Crippen LogP contribution in [0.2, 0.25) is 0 Å². The Kier molecular flexibility index (Phi) is 5.34. The van der Waals surface area contributed by atoms with E-state index in [9.17, 15) is 4.79 Å². The number of hydrogen-bond acceptors (Lipinski definition) is 4. The number of nitrogens with zero attached hydrogens (tertiary/aromatic N) is 4. The Balaban J connectivity index is 1.36. The van der Waals surface area contributed by atoms with Crippen LogP contribution in [-0.4, -0.2) is 44.4 Å². The van der Waals surface area contributed by atoms with Gasteiger partial charge in [-0.3, -0.25) is 9.36 Å². The third-order valence-corrected chi connectivity index (χ3v) is 5.51. The number of amides is 1. The van der Waals surface area contributed by atoms with Gasteiger partial charge in [0.1, 0.15) is 6.33 Å². The van der Waals surface area contributed by atoms with Crippen LogP contribution in [0.1, 0.15) is 12.0 Å². The van der Waals surface area contributed by atoms with Crippen LogP contribution in [0.3, 0.4) is 0 Å². The smallest absolute Gasteiger partial charge is 0.233 e. The zero-order chi connectivity index (χ0) is 18.5. The number of hydrogen-bond donors (Lipinski definition) is 0. The SMILES string of the molecule is O=C(CSc1nncn1-c1ccccc1)N1CC=C(c2ccccc2)CC1. The predicted molar refractivity (Wildman–Crippen MR) is 108 cm³/mol. The molecule has 3 aromatic rings. The van der Waals surface area contributed by atoms with Crippen LogP contribution in [0.15, 0.2) is 78.2 Å². The maximum Gasteiger partial charge on any atom is 0.233 e. The van der Waals surface area contributed by atoms with Crippen LogP contribution in [-0.2, 0) is 4.79 Å². The molecule has 0 atom stereocenters. The molecule has 0 fully saturated rings. The van der Waals surface area contributed by atoms with Crippen molar-refractivity contribution in [3.05, 3.63) is 78.6 Å². The van der Waals surface area contributed by atoms with E-state index in [2.05, 4.69) is 28.4 Å². The standard InChI is InChI=1S/C21H20N4OS/c26-20(24-13-11-18(12-14-24)17-7-3-1-4-8-17)15-27-21-23-22-16-25(21)19-9-5-2-6-10-19/h1-11,16H,12-15H2. The van der Waals surface area contributed by atoms with Crippen LogP contribution in [0.4, 0.5) is 0 Å². The Labute approximate surface area is 162 Å². The van der Waals surface area contributed by atoms with Crippen molar-refractivity contribution in [2.75, 3.05) is 18.8 Å². The van der Waals surface area contributed by atoms with E-state index < -0.39 is 0 Å². The zero-order valence-electron chi connectivity index (χ0n) is 14.9. The first-order valence-electron chi connectivity index (χ1n) is 8.92. The molecule has 0 spiro atoms. The van der Waals surface area contributed by atoms with Crippen LogP contribution in [0, 0.1) is 0 Å². The van der Waals surface area contributed by atoms with Crippen molar-refractivity contribution in [1.82, 2.24) is 19.7 Å². The lowest BCUT2D eigenvalue weighted by atomic mass is 10.00. The van der Waals surface area contributed by atoms with Gasteiger partial charge in [0.2, 0.25) is 5.91 Å². The van der Waals surface area contributed by atoms with Gasteiger partial charge in [-0.2, -0.15) is 0 Å². The van der Waals surface area contributed by atoms with Gasteiger partial charge in [0.05, 0.1) is 5.75 Å². The topological polar surface area (TPSA) is 51.0 Å². The molecule has 136 valence electrons. The Morgan fingerprint density at radius 3 is 2.48 bits per heavy atom. The quantitative estimate of drug-likeness (QED) is 0.638. The summed E-state index contributed by atoms with van der Waals surface area (Å²) in [5, 5.41) is 8.87. The largest absolute Gasteiger partial charge is 0.338 e. The van der Waals surface area contributed by atoms with Crippen molar-refractivity contribution in [1.29, 1.82) is 0 Å². The fourth-order valence-corrected chi connectivity index (χ4v) is 3.95. The number of carbonyl (C=O) groups excluding carboxylic acids is 1. The molecule has 27 heavy (non-hydrogen) atoms. The number of thioether (sulfide) groups is 1. The summed E-state index contributed by atoms with van der Waals surface area (Å²) in [7, 11) is 0. The first-order chi connectivity index (χ1) is 13.3. The molecule has 1 amide bonds. The fourth-order valence-electron chi connectivity index (χ4n) is 3.12. The Morgan fingerprint density at radius 1 is 1.04 bits per heavy atom. The van der Waals surface area contributed by atoms with Crippen molar-refractivity contribution >= 4 is 23.2 Å². The average Bonchev–Trinajstić information content (AvgIpc) is 3.22. The molecule has 2 aromatic carbocycles. The Bertz CT molecular complexity index is 937. The molecule has 0 bridgehead atoms. The van der Waals surface area contributed by atoms with Crippen molar-refractivity contribution in [3.8, 4) is 5.69 Å². The van der Waals surface area contributed by atoms with Gasteiger partial charge >= 0.3 is 0 Å². The maximum absolute atomic E-state index is 12.6. The molecule has 4 rings (SSSR count). The van der Waals surface area contributed by atoms with E-state index in [1.54, 1.807) is 6.33 Å². The summed E-state index contributed by atoms with van der Waals surface area (Å²) in [5.74, 6) is 0.492. The summed E-state index contributed by atoms with van der Waals surface area (Å²) >= 11 is 1.42. The number of aromatic nitrogens is 3. The van der Waals surface area contributed by atoms with E-state index in [0.29, 0.717) is 12.3 Å². The normalized spacial score (nSPS) is 14.1. The second-order valence-electron chi connectivity index (χ2n) is 6.29. The monoisotopic (exact) mass is 376 g/mol. The van der Waals surface area contributed by atoms with Crippen molar-refractivity contribution in [2.45, 2.75) is 11.6 Å². The van der Waals surface area contributed by atoms with Crippen LogP contribution < -0.4 is 0 Å². The predicted octanol–water partition coefficient (Wildman–Crippen LogP) is 3.68. The maximum atomic E-state index is 12.6. The molecular weight excluding hydrogens is 356 g/mol. The van der Waals surface area contributed by atoms with E-state index in [4.69, 9.17) is 0 Å². The van der Waals surface area contributed by atoms with Crippen LogP contribution >= 0.6 is 11.8 Å². The minimum atomic E-state index is 0.131. The molecular formula is C21H20N4OS. The van der Waals surface area contributed by atoms with E-state index in [-0.39, 0.29) is 5.91 Å². The lowest BCUT2D eigenvalue weighted by Gasteiger charge is -2.26. The number of rotatable bonds is 5. The molecule has 0 N–H and O–H groups in total. The van der Waals surface area contributed by atoms with Gasteiger partial charge in [-0.25, -0.2) is 0 Å². The first-order valence-corrected chi connectivity index (χ1v) is 9.90. The molecule has 2 heterocycles. The van der Waals surface area contributed by atoms with Gasteiger partial charge in [0.15, 0.2) is 5.16 Å². The molecule has 0 saturated carbocycles. The van der Waals surface area contributed by atoms with Crippen molar-refractivity contribution in [3.63, 3.8) is 0 Å². The third-order valence-electron chi connectivity index (χ3n) is 4.58. The minimum Gasteiger partial charge on any atom is -0.338 e. The first kappa shape index (κ1) is 17.5. The van der Waals surface area contributed by atoms with Gasteiger partial charge in [0, 0.05) is 18.8 Å². The summed E-state index contributed by atoms with van der Waals surface area (Å²) in [6.45, 7) is 1.42. The molecule has 0 saturated heterocycles. The molecule has 0 radical (unpaired) electrons. The molecule has 1 aliphatic heterocycles. The second-order valence-corrected chi connectivity index (χ2v) is 7.24.